The monoisotopic (exact) mass is 291 g/mol. The Morgan fingerprint density at radius 2 is 2.00 bits per heavy atom. The van der Waals surface area contributed by atoms with Gasteiger partial charge in [0.25, 0.3) is 0 Å². The van der Waals surface area contributed by atoms with Gasteiger partial charge in [-0.1, -0.05) is 32.9 Å². The van der Waals surface area contributed by atoms with Gasteiger partial charge in [0.05, 0.1) is 6.61 Å². The van der Waals surface area contributed by atoms with Gasteiger partial charge >= 0.3 is 0 Å². The minimum atomic E-state index is 0.271. The quantitative estimate of drug-likeness (QED) is 0.791. The molecule has 0 amide bonds. The maximum atomic E-state index is 6.32. The van der Waals surface area contributed by atoms with Crippen LogP contribution in [0.25, 0.3) is 0 Å². The third-order valence-corrected chi connectivity index (χ3v) is 5.04. The SMILES string of the molecule is CCNC1CC(Oc2cccc(COC)c2)C1(CC)CC. The van der Waals surface area contributed by atoms with Crippen LogP contribution in [0.1, 0.15) is 45.6 Å². The van der Waals surface area contributed by atoms with Crippen molar-refractivity contribution in [2.24, 2.45) is 5.41 Å². The molecule has 0 saturated heterocycles. The molecule has 2 atom stereocenters. The Morgan fingerprint density at radius 1 is 1.24 bits per heavy atom. The lowest BCUT2D eigenvalue weighted by atomic mass is 9.58. The molecule has 1 aromatic rings. The molecular weight excluding hydrogens is 262 g/mol. The fraction of sp³-hybridized carbons (Fsp3) is 0.667. The van der Waals surface area contributed by atoms with Crippen LogP contribution in [-0.2, 0) is 11.3 Å². The summed E-state index contributed by atoms with van der Waals surface area (Å²) in [5.74, 6) is 0.968. The molecule has 1 saturated carbocycles. The highest BCUT2D eigenvalue weighted by Crippen LogP contribution is 2.49. The molecule has 0 aliphatic heterocycles. The van der Waals surface area contributed by atoms with Crippen molar-refractivity contribution < 1.29 is 9.47 Å². The average molecular weight is 291 g/mol. The van der Waals surface area contributed by atoms with Crippen LogP contribution in [0.3, 0.4) is 0 Å². The van der Waals surface area contributed by atoms with Gasteiger partial charge in [-0.05, 0) is 37.1 Å². The zero-order valence-corrected chi connectivity index (χ0v) is 13.8. The van der Waals surface area contributed by atoms with Gasteiger partial charge in [0, 0.05) is 25.0 Å². The molecule has 0 spiro atoms. The van der Waals surface area contributed by atoms with E-state index in [1.807, 2.05) is 6.07 Å². The van der Waals surface area contributed by atoms with Crippen LogP contribution in [0.5, 0.6) is 5.75 Å². The zero-order chi connectivity index (χ0) is 15.3. The summed E-state index contributed by atoms with van der Waals surface area (Å²) in [6.07, 6.45) is 3.73. The molecule has 2 unspecified atom stereocenters. The predicted octanol–water partition coefficient (Wildman–Crippen LogP) is 3.77. The lowest BCUT2D eigenvalue weighted by Gasteiger charge is -2.55. The summed E-state index contributed by atoms with van der Waals surface area (Å²) in [7, 11) is 1.72. The number of hydrogen-bond donors (Lipinski definition) is 1. The van der Waals surface area contributed by atoms with Gasteiger partial charge in [0.15, 0.2) is 0 Å². The lowest BCUT2D eigenvalue weighted by molar-refractivity contribution is -0.0854. The van der Waals surface area contributed by atoms with Crippen molar-refractivity contribution in [3.8, 4) is 5.75 Å². The van der Waals surface area contributed by atoms with Gasteiger partial charge in [0.1, 0.15) is 11.9 Å². The molecule has 118 valence electrons. The predicted molar refractivity (Wildman–Crippen MR) is 86.7 cm³/mol. The number of ether oxygens (including phenoxy) is 2. The van der Waals surface area contributed by atoms with E-state index >= 15 is 0 Å². The summed E-state index contributed by atoms with van der Waals surface area (Å²) >= 11 is 0. The second kappa shape index (κ2) is 7.28. The van der Waals surface area contributed by atoms with Gasteiger partial charge in [-0.3, -0.25) is 0 Å². The van der Waals surface area contributed by atoms with Crippen LogP contribution in [0, 0.1) is 5.41 Å². The van der Waals surface area contributed by atoms with E-state index < -0.39 is 0 Å². The van der Waals surface area contributed by atoms with Gasteiger partial charge in [0.2, 0.25) is 0 Å². The summed E-state index contributed by atoms with van der Waals surface area (Å²) in [5, 5.41) is 3.62. The topological polar surface area (TPSA) is 30.5 Å². The summed E-state index contributed by atoms with van der Waals surface area (Å²) in [6.45, 7) is 8.41. The minimum absolute atomic E-state index is 0.271. The summed E-state index contributed by atoms with van der Waals surface area (Å²) in [6, 6.07) is 8.86. The van der Waals surface area contributed by atoms with E-state index in [0.717, 1.165) is 37.1 Å². The van der Waals surface area contributed by atoms with Gasteiger partial charge in [-0.2, -0.15) is 0 Å². The molecule has 21 heavy (non-hydrogen) atoms. The Hall–Kier alpha value is -1.06. The molecule has 1 N–H and O–H groups in total. The maximum absolute atomic E-state index is 6.32. The van der Waals surface area contributed by atoms with Crippen LogP contribution in [0.4, 0.5) is 0 Å². The molecule has 1 aliphatic carbocycles. The molecule has 1 aliphatic rings. The Kier molecular flexibility index (Phi) is 5.65. The highest BCUT2D eigenvalue weighted by atomic mass is 16.5. The molecular formula is C18H29NO2. The van der Waals surface area contributed by atoms with E-state index in [1.54, 1.807) is 7.11 Å². The fourth-order valence-corrected chi connectivity index (χ4v) is 3.68. The van der Waals surface area contributed by atoms with E-state index in [-0.39, 0.29) is 5.41 Å². The van der Waals surface area contributed by atoms with Crippen LogP contribution >= 0.6 is 0 Å². The number of benzene rings is 1. The largest absolute Gasteiger partial charge is 0.490 e. The molecule has 3 heteroatoms. The average Bonchev–Trinajstić information content (AvgIpc) is 2.48. The smallest absolute Gasteiger partial charge is 0.120 e. The number of methoxy groups -OCH3 is 1. The Morgan fingerprint density at radius 3 is 2.62 bits per heavy atom. The number of hydrogen-bond acceptors (Lipinski definition) is 3. The van der Waals surface area contributed by atoms with E-state index in [4.69, 9.17) is 9.47 Å². The molecule has 1 aromatic carbocycles. The first-order chi connectivity index (χ1) is 10.2. The molecule has 0 bridgehead atoms. The van der Waals surface area contributed by atoms with E-state index in [9.17, 15) is 0 Å². The van der Waals surface area contributed by atoms with Crippen molar-refractivity contribution in [3.05, 3.63) is 29.8 Å². The number of rotatable bonds is 8. The van der Waals surface area contributed by atoms with Crippen molar-refractivity contribution in [2.75, 3.05) is 13.7 Å². The molecule has 0 heterocycles. The fourth-order valence-electron chi connectivity index (χ4n) is 3.68. The highest BCUT2D eigenvalue weighted by molar-refractivity contribution is 5.29. The summed E-state index contributed by atoms with van der Waals surface area (Å²) in [5.41, 5.74) is 1.43. The van der Waals surface area contributed by atoms with Crippen molar-refractivity contribution in [1.29, 1.82) is 0 Å². The van der Waals surface area contributed by atoms with Crippen molar-refractivity contribution in [1.82, 2.24) is 5.32 Å². The Bertz CT molecular complexity index is 443. The molecule has 2 rings (SSSR count). The van der Waals surface area contributed by atoms with E-state index in [1.165, 1.54) is 0 Å². The Balaban J connectivity index is 2.07. The van der Waals surface area contributed by atoms with Crippen molar-refractivity contribution in [2.45, 2.75) is 58.8 Å². The van der Waals surface area contributed by atoms with E-state index in [0.29, 0.717) is 18.8 Å². The third-order valence-electron chi connectivity index (χ3n) is 5.04. The van der Waals surface area contributed by atoms with Crippen LogP contribution in [0.15, 0.2) is 24.3 Å². The molecule has 0 aromatic heterocycles. The van der Waals surface area contributed by atoms with Gasteiger partial charge in [-0.25, -0.2) is 0 Å². The maximum Gasteiger partial charge on any atom is 0.120 e. The molecule has 0 radical (unpaired) electrons. The molecule has 1 fully saturated rings. The lowest BCUT2D eigenvalue weighted by Crippen LogP contribution is -2.64. The minimum Gasteiger partial charge on any atom is -0.490 e. The standard InChI is InChI=1S/C18H29NO2/c1-5-18(6-2)16(19-7-3)12-17(18)21-15-10-8-9-14(11-15)13-20-4/h8-11,16-17,19H,5-7,12-13H2,1-4H3. The normalized spacial score (nSPS) is 23.6. The second-order valence-corrected chi connectivity index (χ2v) is 5.97. The second-order valence-electron chi connectivity index (χ2n) is 5.97. The number of nitrogens with one attached hydrogen (secondary N) is 1. The highest BCUT2D eigenvalue weighted by Gasteiger charge is 2.53. The first kappa shape index (κ1) is 16.3. The van der Waals surface area contributed by atoms with Crippen LogP contribution in [-0.4, -0.2) is 25.8 Å². The van der Waals surface area contributed by atoms with Crippen LogP contribution < -0.4 is 10.1 Å². The van der Waals surface area contributed by atoms with Gasteiger partial charge in [-0.15, -0.1) is 0 Å². The molecule has 3 nitrogen and oxygen atoms in total. The first-order valence-electron chi connectivity index (χ1n) is 8.18. The first-order valence-corrected chi connectivity index (χ1v) is 8.18. The summed E-state index contributed by atoms with van der Waals surface area (Å²) in [4.78, 5) is 0. The van der Waals surface area contributed by atoms with Crippen LogP contribution in [0.2, 0.25) is 0 Å². The summed E-state index contributed by atoms with van der Waals surface area (Å²) < 4.78 is 11.5. The van der Waals surface area contributed by atoms with Crippen molar-refractivity contribution in [3.63, 3.8) is 0 Å². The Labute approximate surface area is 129 Å². The van der Waals surface area contributed by atoms with Crippen molar-refractivity contribution >= 4 is 0 Å². The third kappa shape index (κ3) is 3.24. The van der Waals surface area contributed by atoms with Gasteiger partial charge < -0.3 is 14.8 Å². The zero-order valence-electron chi connectivity index (χ0n) is 13.8. The van der Waals surface area contributed by atoms with E-state index in [2.05, 4.69) is 44.3 Å².